The number of rotatable bonds is 4. The van der Waals surface area contributed by atoms with E-state index in [1.807, 2.05) is 12.1 Å². The lowest BCUT2D eigenvalue weighted by Crippen LogP contribution is -2.44. The summed E-state index contributed by atoms with van der Waals surface area (Å²) in [4.78, 5) is 27.7. The number of carbonyl (C=O) groups is 2. The Morgan fingerprint density at radius 3 is 2.47 bits per heavy atom. The number of anilines is 2. The first-order valence-electron chi connectivity index (χ1n) is 12.2. The fourth-order valence-corrected chi connectivity index (χ4v) is 7.12. The molecule has 0 radical (unpaired) electrons. The van der Waals surface area contributed by atoms with E-state index in [0.717, 1.165) is 50.6 Å². The first-order chi connectivity index (χ1) is 16.4. The van der Waals surface area contributed by atoms with Gasteiger partial charge in [-0.05, 0) is 79.5 Å². The molecule has 0 saturated carbocycles. The molecule has 1 aliphatic carbocycles. The van der Waals surface area contributed by atoms with Crippen LogP contribution in [-0.2, 0) is 38.9 Å². The highest BCUT2D eigenvalue weighted by atomic mass is 32.2. The number of sulfonamides is 1. The number of aryl methyl sites for hydroxylation is 1. The molecule has 0 unspecified atom stereocenters. The van der Waals surface area contributed by atoms with Crippen molar-refractivity contribution in [2.75, 3.05) is 23.3 Å². The number of hydrogen-bond donors (Lipinski definition) is 1. The maximum absolute atomic E-state index is 13.4. The third-order valence-corrected chi connectivity index (χ3v) is 9.18. The molecule has 2 aromatic rings. The summed E-state index contributed by atoms with van der Waals surface area (Å²) in [5, 5.41) is 3.07. The van der Waals surface area contributed by atoms with Crippen LogP contribution in [0.4, 0.5) is 11.4 Å². The summed E-state index contributed by atoms with van der Waals surface area (Å²) in [5.74, 6) is -0.480. The van der Waals surface area contributed by atoms with Crippen LogP contribution in [0.1, 0.15) is 55.7 Å². The molecule has 34 heavy (non-hydrogen) atoms. The van der Waals surface area contributed by atoms with Crippen LogP contribution in [0.25, 0.3) is 0 Å². The lowest BCUT2D eigenvalue weighted by atomic mass is 9.90. The number of nitrogens with one attached hydrogen (secondary N) is 1. The zero-order valence-corrected chi connectivity index (χ0v) is 20.4. The lowest BCUT2D eigenvalue weighted by Gasteiger charge is -2.26. The molecule has 7 nitrogen and oxygen atoms in total. The van der Waals surface area contributed by atoms with Crippen LogP contribution in [0, 0.1) is 0 Å². The van der Waals surface area contributed by atoms with Gasteiger partial charge in [-0.2, -0.15) is 4.31 Å². The van der Waals surface area contributed by atoms with Crippen molar-refractivity contribution >= 4 is 33.2 Å². The molecule has 1 atom stereocenters. The van der Waals surface area contributed by atoms with E-state index in [9.17, 15) is 18.0 Å². The maximum Gasteiger partial charge on any atom is 0.247 e. The third kappa shape index (κ3) is 4.14. The second-order valence-corrected chi connectivity index (χ2v) is 11.4. The summed E-state index contributed by atoms with van der Waals surface area (Å²) in [7, 11) is -3.59. The molecule has 3 aliphatic rings. The molecular formula is C26H31N3O4S. The van der Waals surface area contributed by atoms with E-state index in [4.69, 9.17) is 0 Å². The molecule has 2 heterocycles. The lowest BCUT2D eigenvalue weighted by molar-refractivity contribution is -0.122. The second kappa shape index (κ2) is 9.15. The van der Waals surface area contributed by atoms with Crippen molar-refractivity contribution in [3.63, 3.8) is 0 Å². The monoisotopic (exact) mass is 481 g/mol. The molecule has 1 saturated heterocycles. The van der Waals surface area contributed by atoms with Gasteiger partial charge in [-0.15, -0.1) is 0 Å². The Kier molecular flexibility index (Phi) is 6.20. The van der Waals surface area contributed by atoms with Gasteiger partial charge in [0.05, 0.1) is 4.90 Å². The molecule has 0 bridgehead atoms. The highest BCUT2D eigenvalue weighted by Gasteiger charge is 2.38. The molecule has 1 N–H and O–H groups in total. The Balaban J connectivity index is 1.41. The highest BCUT2D eigenvalue weighted by molar-refractivity contribution is 7.89. The Morgan fingerprint density at radius 1 is 0.941 bits per heavy atom. The van der Waals surface area contributed by atoms with Crippen LogP contribution in [0.2, 0.25) is 0 Å². The van der Waals surface area contributed by atoms with E-state index >= 15 is 0 Å². The maximum atomic E-state index is 13.4. The molecule has 1 fully saturated rings. The number of fused-ring (bicyclic) bond motifs is 2. The van der Waals surface area contributed by atoms with Gasteiger partial charge in [0.2, 0.25) is 21.8 Å². The fourth-order valence-electron chi connectivity index (χ4n) is 5.56. The van der Waals surface area contributed by atoms with Crippen LogP contribution >= 0.6 is 0 Å². The molecule has 0 aromatic heterocycles. The van der Waals surface area contributed by atoms with Gasteiger partial charge in [0.1, 0.15) is 6.04 Å². The zero-order chi connectivity index (χ0) is 23.9. The predicted octanol–water partition coefficient (Wildman–Crippen LogP) is 3.66. The van der Waals surface area contributed by atoms with Gasteiger partial charge in [0.25, 0.3) is 0 Å². The Labute approximate surface area is 201 Å². The molecule has 2 amide bonds. The van der Waals surface area contributed by atoms with E-state index in [1.54, 1.807) is 22.5 Å². The quantitative estimate of drug-likeness (QED) is 0.722. The molecule has 0 spiro atoms. The molecular weight excluding hydrogens is 450 g/mol. The van der Waals surface area contributed by atoms with Gasteiger partial charge in [-0.25, -0.2) is 8.42 Å². The summed E-state index contributed by atoms with van der Waals surface area (Å²) in [6, 6.07) is 10.2. The minimum Gasteiger partial charge on any atom is -0.324 e. The van der Waals surface area contributed by atoms with Gasteiger partial charge in [0.15, 0.2) is 0 Å². The Hall–Kier alpha value is -2.71. The number of nitrogens with zero attached hydrogens (tertiary/aromatic N) is 2. The summed E-state index contributed by atoms with van der Waals surface area (Å²) < 4.78 is 27.9. The summed E-state index contributed by atoms with van der Waals surface area (Å²) in [6.45, 7) is 2.51. The van der Waals surface area contributed by atoms with Crippen molar-refractivity contribution in [3.8, 4) is 0 Å². The summed E-state index contributed by atoms with van der Waals surface area (Å²) in [5.41, 5.74) is 4.59. The average molecular weight is 482 g/mol. The van der Waals surface area contributed by atoms with Gasteiger partial charge < -0.3 is 5.32 Å². The standard InChI is InChI=1S/C26H31N3O4S/c1-18(30)29-24-13-12-21(34(32,33)28-14-5-2-6-15-28)16-20(24)17-25(29)26(31)27-23-11-7-9-19-8-3-4-10-22(19)23/h7,9,11-13,16,25H,2-6,8,10,14-15,17H2,1H3,(H,27,31)/t25-/m1/s1. The Bertz CT molecular complexity index is 1230. The van der Waals surface area contributed by atoms with Crippen LogP contribution in [-0.4, -0.2) is 43.7 Å². The van der Waals surface area contributed by atoms with E-state index in [-0.39, 0.29) is 16.7 Å². The van der Waals surface area contributed by atoms with Crippen LogP contribution in [0.15, 0.2) is 41.3 Å². The summed E-state index contributed by atoms with van der Waals surface area (Å²) in [6.07, 6.45) is 7.28. The van der Waals surface area contributed by atoms with Crippen molar-refractivity contribution in [1.82, 2.24) is 4.31 Å². The minimum absolute atomic E-state index is 0.231. The van der Waals surface area contributed by atoms with Gasteiger partial charge >= 0.3 is 0 Å². The third-order valence-electron chi connectivity index (χ3n) is 7.28. The molecule has 8 heteroatoms. The minimum atomic E-state index is -3.59. The molecule has 2 aliphatic heterocycles. The normalized spacial score (nSPS) is 20.5. The average Bonchev–Trinajstić information content (AvgIpc) is 3.24. The van der Waals surface area contributed by atoms with E-state index < -0.39 is 16.1 Å². The topological polar surface area (TPSA) is 86.8 Å². The first-order valence-corrected chi connectivity index (χ1v) is 13.6. The summed E-state index contributed by atoms with van der Waals surface area (Å²) >= 11 is 0. The van der Waals surface area contributed by atoms with Crippen molar-refractivity contribution in [2.45, 2.75) is 69.2 Å². The molecule has 5 rings (SSSR count). The van der Waals surface area contributed by atoms with Crippen molar-refractivity contribution in [3.05, 3.63) is 53.1 Å². The largest absolute Gasteiger partial charge is 0.324 e. The van der Waals surface area contributed by atoms with Crippen molar-refractivity contribution < 1.29 is 18.0 Å². The smallest absolute Gasteiger partial charge is 0.247 e. The van der Waals surface area contributed by atoms with Crippen molar-refractivity contribution in [2.24, 2.45) is 0 Å². The Morgan fingerprint density at radius 2 is 1.71 bits per heavy atom. The SMILES string of the molecule is CC(=O)N1c2ccc(S(=O)(=O)N3CCCCC3)cc2C[C@@H]1C(=O)Nc1cccc2c1CCCC2. The highest BCUT2D eigenvalue weighted by Crippen LogP contribution is 2.36. The van der Waals surface area contributed by atoms with Crippen LogP contribution < -0.4 is 10.2 Å². The number of amides is 2. The zero-order valence-electron chi connectivity index (χ0n) is 19.5. The number of hydrogen-bond acceptors (Lipinski definition) is 4. The van der Waals surface area contributed by atoms with Gasteiger partial charge in [0, 0.05) is 37.8 Å². The van der Waals surface area contributed by atoms with Crippen molar-refractivity contribution in [1.29, 1.82) is 0 Å². The number of piperidine rings is 1. The molecule has 2 aromatic carbocycles. The molecule has 180 valence electrons. The van der Waals surface area contributed by atoms with E-state index in [2.05, 4.69) is 11.4 Å². The first kappa shape index (κ1) is 23.1. The number of carbonyl (C=O) groups excluding carboxylic acids is 2. The van der Waals surface area contributed by atoms with E-state index in [1.165, 1.54) is 23.0 Å². The van der Waals surface area contributed by atoms with Gasteiger partial charge in [-0.1, -0.05) is 18.6 Å². The van der Waals surface area contributed by atoms with E-state index in [0.29, 0.717) is 30.8 Å². The number of benzene rings is 2. The second-order valence-electron chi connectivity index (χ2n) is 9.50. The predicted molar refractivity (Wildman–Crippen MR) is 131 cm³/mol. The van der Waals surface area contributed by atoms with Crippen LogP contribution in [0.5, 0.6) is 0 Å². The van der Waals surface area contributed by atoms with Crippen LogP contribution in [0.3, 0.4) is 0 Å². The fraction of sp³-hybridized carbons (Fsp3) is 0.462. The van der Waals surface area contributed by atoms with Gasteiger partial charge in [-0.3, -0.25) is 14.5 Å².